The van der Waals surface area contributed by atoms with E-state index < -0.39 is 8.32 Å². The smallest absolute Gasteiger partial charge is 0.278 e. The SMILES string of the molecule is CC(C)=NO[Si](C)(C)C. The minimum atomic E-state index is -1.41. The molecule has 0 bridgehead atoms. The maximum absolute atomic E-state index is 5.22. The first kappa shape index (κ1) is 8.69. The molecule has 9 heavy (non-hydrogen) atoms. The molecule has 0 aliphatic carbocycles. The van der Waals surface area contributed by atoms with Crippen LogP contribution in [0, 0.1) is 0 Å². The first-order chi connectivity index (χ1) is 3.92. The van der Waals surface area contributed by atoms with Crippen molar-refractivity contribution >= 4 is 14.0 Å². The summed E-state index contributed by atoms with van der Waals surface area (Å²) in [7, 11) is -1.41. The Balaban J connectivity index is 3.64. The van der Waals surface area contributed by atoms with Crippen LogP contribution in [0.25, 0.3) is 0 Å². The molecule has 0 rings (SSSR count). The van der Waals surface area contributed by atoms with Gasteiger partial charge in [-0.2, -0.15) is 0 Å². The molecule has 0 radical (unpaired) electrons. The average Bonchev–Trinajstić information content (AvgIpc) is 1.59. The first-order valence-corrected chi connectivity index (χ1v) is 6.52. The van der Waals surface area contributed by atoms with Gasteiger partial charge in [0.1, 0.15) is 0 Å². The van der Waals surface area contributed by atoms with Gasteiger partial charge in [0.25, 0.3) is 8.32 Å². The standard InChI is InChI=1S/C6H15NOSi/c1-6(2)7-8-9(3,4)5/h1-5H3. The molecule has 2 nitrogen and oxygen atoms in total. The minimum absolute atomic E-state index is 0.984. The van der Waals surface area contributed by atoms with Crippen molar-refractivity contribution in [2.75, 3.05) is 0 Å². The molecular weight excluding hydrogens is 130 g/mol. The largest absolute Gasteiger partial charge is 0.456 e. The molecule has 54 valence electrons. The van der Waals surface area contributed by atoms with Gasteiger partial charge >= 0.3 is 0 Å². The van der Waals surface area contributed by atoms with E-state index in [1.165, 1.54) is 0 Å². The molecule has 0 amide bonds. The highest BCUT2D eigenvalue weighted by molar-refractivity contribution is 6.69. The number of oxime groups is 1. The van der Waals surface area contributed by atoms with Crippen molar-refractivity contribution in [3.05, 3.63) is 0 Å². The van der Waals surface area contributed by atoms with E-state index in [2.05, 4.69) is 24.8 Å². The third-order valence-electron chi connectivity index (χ3n) is 0.502. The predicted molar refractivity (Wildman–Crippen MR) is 43.2 cm³/mol. The Morgan fingerprint density at radius 3 is 1.78 bits per heavy atom. The molecule has 0 heterocycles. The van der Waals surface area contributed by atoms with Gasteiger partial charge in [-0.1, -0.05) is 0 Å². The van der Waals surface area contributed by atoms with Gasteiger partial charge in [-0.15, -0.1) is 5.16 Å². The van der Waals surface area contributed by atoms with Crippen LogP contribution in [0.2, 0.25) is 19.6 Å². The van der Waals surface area contributed by atoms with Gasteiger partial charge in [0.2, 0.25) is 0 Å². The van der Waals surface area contributed by atoms with Gasteiger partial charge in [0.15, 0.2) is 0 Å². The van der Waals surface area contributed by atoms with E-state index in [1.807, 2.05) is 13.8 Å². The molecule has 0 aromatic rings. The molecule has 0 spiro atoms. The van der Waals surface area contributed by atoms with Crippen molar-refractivity contribution in [1.82, 2.24) is 0 Å². The highest BCUT2D eigenvalue weighted by atomic mass is 28.4. The summed E-state index contributed by atoms with van der Waals surface area (Å²) in [5.74, 6) is 0. The Kier molecular flexibility index (Phi) is 2.90. The van der Waals surface area contributed by atoms with E-state index in [0.717, 1.165) is 5.71 Å². The summed E-state index contributed by atoms with van der Waals surface area (Å²) >= 11 is 0. The summed E-state index contributed by atoms with van der Waals surface area (Å²) in [6.07, 6.45) is 0. The highest BCUT2D eigenvalue weighted by Gasteiger charge is 2.15. The zero-order chi connectivity index (χ0) is 7.49. The van der Waals surface area contributed by atoms with Crippen molar-refractivity contribution in [1.29, 1.82) is 0 Å². The van der Waals surface area contributed by atoms with E-state index in [9.17, 15) is 0 Å². The number of rotatable bonds is 2. The quantitative estimate of drug-likeness (QED) is 0.332. The van der Waals surface area contributed by atoms with Gasteiger partial charge in [0.05, 0.1) is 0 Å². The van der Waals surface area contributed by atoms with Crippen LogP contribution < -0.4 is 0 Å². The Bertz CT molecular complexity index is 111. The molecule has 0 fully saturated rings. The van der Waals surface area contributed by atoms with Crippen molar-refractivity contribution < 1.29 is 4.53 Å². The second kappa shape index (κ2) is 3.01. The van der Waals surface area contributed by atoms with Crippen molar-refractivity contribution in [2.45, 2.75) is 33.5 Å². The third-order valence-corrected chi connectivity index (χ3v) is 1.14. The fourth-order valence-corrected chi connectivity index (χ4v) is 0.685. The maximum Gasteiger partial charge on any atom is 0.278 e. The van der Waals surface area contributed by atoms with Gasteiger partial charge < -0.3 is 4.53 Å². The summed E-state index contributed by atoms with van der Waals surface area (Å²) in [6.45, 7) is 10.2. The second-order valence-corrected chi connectivity index (χ2v) is 7.65. The lowest BCUT2D eigenvalue weighted by Gasteiger charge is -2.12. The van der Waals surface area contributed by atoms with Crippen LogP contribution in [0.5, 0.6) is 0 Å². The fourth-order valence-electron chi connectivity index (χ4n) is 0.228. The van der Waals surface area contributed by atoms with Crippen LogP contribution in [-0.4, -0.2) is 14.0 Å². The summed E-state index contributed by atoms with van der Waals surface area (Å²) in [5.41, 5.74) is 0.984. The number of hydrogen-bond donors (Lipinski definition) is 0. The van der Waals surface area contributed by atoms with E-state index in [1.54, 1.807) is 0 Å². The lowest BCUT2D eigenvalue weighted by atomic mass is 10.5. The second-order valence-electron chi connectivity index (χ2n) is 3.24. The predicted octanol–water partition coefficient (Wildman–Crippen LogP) is 2.23. The van der Waals surface area contributed by atoms with E-state index >= 15 is 0 Å². The topological polar surface area (TPSA) is 21.6 Å². The summed E-state index contributed by atoms with van der Waals surface area (Å²) in [4.78, 5) is 0. The van der Waals surface area contributed by atoms with Gasteiger partial charge in [-0.3, -0.25) is 0 Å². The zero-order valence-electron chi connectivity index (χ0n) is 6.86. The van der Waals surface area contributed by atoms with Crippen LogP contribution in [0.15, 0.2) is 5.16 Å². The highest BCUT2D eigenvalue weighted by Crippen LogP contribution is 2.02. The van der Waals surface area contributed by atoms with Crippen molar-refractivity contribution in [3.8, 4) is 0 Å². The van der Waals surface area contributed by atoms with Crippen LogP contribution >= 0.6 is 0 Å². The van der Waals surface area contributed by atoms with E-state index in [4.69, 9.17) is 4.53 Å². The monoisotopic (exact) mass is 145 g/mol. The summed E-state index contributed by atoms with van der Waals surface area (Å²) in [6, 6.07) is 0. The Morgan fingerprint density at radius 2 is 1.67 bits per heavy atom. The number of nitrogens with zero attached hydrogens (tertiary/aromatic N) is 1. The molecular formula is C6H15NOSi. The number of hydrogen-bond acceptors (Lipinski definition) is 2. The van der Waals surface area contributed by atoms with Gasteiger partial charge in [-0.25, -0.2) is 0 Å². The molecule has 3 heteroatoms. The molecule has 0 aliphatic rings. The fraction of sp³-hybridized carbons (Fsp3) is 0.833. The molecule has 0 saturated carbocycles. The zero-order valence-corrected chi connectivity index (χ0v) is 7.86. The lowest BCUT2D eigenvalue weighted by Crippen LogP contribution is -2.22. The molecule has 0 aliphatic heterocycles. The maximum atomic E-state index is 5.22. The molecule has 0 atom stereocenters. The minimum Gasteiger partial charge on any atom is -0.456 e. The lowest BCUT2D eigenvalue weighted by molar-refractivity contribution is 0.334. The molecule has 0 aromatic carbocycles. The average molecular weight is 145 g/mol. The van der Waals surface area contributed by atoms with Crippen molar-refractivity contribution in [2.24, 2.45) is 5.16 Å². The molecule has 0 saturated heterocycles. The molecule has 0 N–H and O–H groups in total. The Labute approximate surface area is 58.0 Å². The van der Waals surface area contributed by atoms with Crippen LogP contribution in [0.3, 0.4) is 0 Å². The van der Waals surface area contributed by atoms with E-state index in [0.29, 0.717) is 0 Å². The van der Waals surface area contributed by atoms with E-state index in [-0.39, 0.29) is 0 Å². The normalized spacial score (nSPS) is 10.8. The van der Waals surface area contributed by atoms with Crippen molar-refractivity contribution in [3.63, 3.8) is 0 Å². The summed E-state index contributed by atoms with van der Waals surface area (Å²) < 4.78 is 5.22. The third kappa shape index (κ3) is 7.69. The van der Waals surface area contributed by atoms with Crippen LogP contribution in [-0.2, 0) is 4.53 Å². The summed E-state index contributed by atoms with van der Waals surface area (Å²) in [5, 5.41) is 3.87. The van der Waals surface area contributed by atoms with Gasteiger partial charge in [0, 0.05) is 5.71 Å². The van der Waals surface area contributed by atoms with Gasteiger partial charge in [-0.05, 0) is 33.5 Å². The Hall–Kier alpha value is -0.313. The first-order valence-electron chi connectivity index (χ1n) is 3.11. The van der Waals surface area contributed by atoms with Crippen LogP contribution in [0.4, 0.5) is 0 Å². The van der Waals surface area contributed by atoms with Crippen LogP contribution in [0.1, 0.15) is 13.8 Å². The molecule has 0 unspecified atom stereocenters. The molecule has 0 aromatic heterocycles. The Morgan fingerprint density at radius 1 is 1.22 bits per heavy atom.